The highest BCUT2D eigenvalue weighted by Crippen LogP contribution is 2.36. The number of amides is 3. The van der Waals surface area contributed by atoms with Crippen LogP contribution in [0.2, 0.25) is 0 Å². The Labute approximate surface area is 635 Å². The molecule has 3 aliphatic rings. The van der Waals surface area contributed by atoms with Crippen LogP contribution in [-0.2, 0) is 107 Å². The number of Topliss-reactive ketones (excluding diaryl/α,β-unsaturated/α-hetero) is 3. The molecular weight excluding hydrogens is 1530 g/mol. The number of aryl methyl sites for hydroxylation is 2. The van der Waals surface area contributed by atoms with E-state index in [1.807, 2.05) is 0 Å². The minimum Gasteiger partial charge on any atom is -0.478 e. The van der Waals surface area contributed by atoms with E-state index in [9.17, 15) is 88.6 Å². The van der Waals surface area contributed by atoms with Crippen LogP contribution in [0.15, 0.2) is 119 Å². The van der Waals surface area contributed by atoms with Crippen LogP contribution in [0.1, 0.15) is 129 Å². The van der Waals surface area contributed by atoms with Gasteiger partial charge in [-0.3, -0.25) is 52.3 Å². The number of hydrogen-bond donors (Lipinski definition) is 5. The first-order valence-corrected chi connectivity index (χ1v) is 38.4. The van der Waals surface area contributed by atoms with Gasteiger partial charge in [0.15, 0.2) is 39.6 Å². The first-order chi connectivity index (χ1) is 50.4. The molecular formula is C67H81N13O24S5. The number of rotatable bonds is 29. The number of ketones is 3. The van der Waals surface area contributed by atoms with Crippen LogP contribution < -0.4 is 27.7 Å². The van der Waals surface area contributed by atoms with E-state index in [4.69, 9.17) is 29.7 Å². The van der Waals surface area contributed by atoms with Crippen LogP contribution in [0.5, 0.6) is 0 Å². The van der Waals surface area contributed by atoms with Gasteiger partial charge in [0.25, 0.3) is 16.7 Å². The van der Waals surface area contributed by atoms with Crippen molar-refractivity contribution in [3.63, 3.8) is 0 Å². The number of anilines is 1. The lowest BCUT2D eigenvalue weighted by atomic mass is 9.84. The van der Waals surface area contributed by atoms with Crippen LogP contribution in [0, 0.1) is 31.6 Å². The molecule has 3 aliphatic heterocycles. The molecule has 42 heteroatoms. The number of aromatic nitrogens is 6. The zero-order valence-corrected chi connectivity index (χ0v) is 65.4. The van der Waals surface area contributed by atoms with Gasteiger partial charge in [-0.25, -0.2) is 37.9 Å². The number of β-lactam (4-membered cyclic amide) rings is 3. The number of nitrogens with zero attached hydrogens (tertiary/aromatic N) is 11. The SMILES string of the molecule is CC(C)(O/N=C(\C(=O)C[C@@H]1C(=O)N(S(=O)(=O)O)[C@@H]1Cn1ccccc1=O)c1csc(N)n1)C(=O)O.Cc1nc(/C(=N/OC(C)(C)C(=O)OC(C)(C)C)C(=O)C[C@@H]2C(=O)N(S(=O)(=O)O)[C@@H]2Cn2ccccc2=O)cs1.Cc1nc(/C(=N/OC(C)(C)C(=O)OC(C)(C)C)C(=O)C[C@@H]2C(=O)N[C@@H]2Cn2ccccc2=O)cs1. The third-order valence-corrected chi connectivity index (χ3v) is 20.1. The molecule has 37 nitrogen and oxygen atoms in total. The van der Waals surface area contributed by atoms with Crippen LogP contribution in [0.3, 0.4) is 0 Å². The lowest BCUT2D eigenvalue weighted by Crippen LogP contribution is -2.65. The lowest BCUT2D eigenvalue weighted by Gasteiger charge is -2.44. The maximum Gasteiger partial charge on any atom is 0.362 e. The van der Waals surface area contributed by atoms with Crippen LogP contribution in [0.25, 0.3) is 0 Å². The van der Waals surface area contributed by atoms with Crippen molar-refractivity contribution in [3.05, 3.63) is 147 Å². The predicted octanol–water partition coefficient (Wildman–Crippen LogP) is 3.73. The van der Waals surface area contributed by atoms with Gasteiger partial charge < -0.3 is 53.8 Å². The Balaban J connectivity index is 0.000000228. The Morgan fingerprint density at radius 2 is 0.835 bits per heavy atom. The number of carbonyl (C=O) groups excluding carboxylic acids is 8. The number of esters is 2. The van der Waals surface area contributed by atoms with Gasteiger partial charge in [-0.15, -0.1) is 34.0 Å². The first-order valence-electron chi connectivity index (χ1n) is 32.9. The number of carboxylic acids is 1. The molecule has 3 saturated heterocycles. The van der Waals surface area contributed by atoms with Gasteiger partial charge in [0.1, 0.15) is 28.3 Å². The zero-order chi connectivity index (χ0) is 81.4. The van der Waals surface area contributed by atoms with Gasteiger partial charge in [-0.05, 0) is 115 Å². The van der Waals surface area contributed by atoms with Crippen molar-refractivity contribution in [2.24, 2.45) is 33.2 Å². The minimum atomic E-state index is -4.96. The van der Waals surface area contributed by atoms with Crippen LogP contribution >= 0.6 is 34.0 Å². The molecule has 9 rings (SSSR count). The Bertz CT molecular complexity index is 5020. The topological polar surface area (TPSA) is 515 Å². The highest BCUT2D eigenvalue weighted by atomic mass is 32.2. The van der Waals surface area contributed by atoms with E-state index >= 15 is 0 Å². The summed E-state index contributed by atoms with van der Waals surface area (Å²) < 4.78 is 81.2. The number of aliphatic carboxylic acids is 1. The number of thiazole rings is 3. The number of nitrogen functional groups attached to an aromatic ring is 1. The number of oxime groups is 3. The van der Waals surface area contributed by atoms with E-state index in [-0.39, 0.29) is 80.1 Å². The first kappa shape index (κ1) is 85.8. The molecule has 109 heavy (non-hydrogen) atoms. The molecule has 6 atom stereocenters. The summed E-state index contributed by atoms with van der Waals surface area (Å²) in [5, 5.41) is 29.6. The number of nitrogens with one attached hydrogen (secondary N) is 1. The summed E-state index contributed by atoms with van der Waals surface area (Å²) >= 11 is 3.53. The Hall–Kier alpha value is -10.4. The molecule has 6 aromatic rings. The van der Waals surface area contributed by atoms with Gasteiger partial charge in [0.2, 0.25) is 34.5 Å². The average Bonchev–Trinajstić information content (AvgIpc) is 0.889. The predicted molar refractivity (Wildman–Crippen MR) is 392 cm³/mol. The van der Waals surface area contributed by atoms with Gasteiger partial charge in [-0.2, -0.15) is 16.8 Å². The summed E-state index contributed by atoms with van der Waals surface area (Å²) in [4.78, 5) is 179. The summed E-state index contributed by atoms with van der Waals surface area (Å²) in [6, 6.07) is 10.4. The van der Waals surface area contributed by atoms with E-state index in [1.165, 1.54) is 123 Å². The van der Waals surface area contributed by atoms with Gasteiger partial charge >= 0.3 is 38.5 Å². The van der Waals surface area contributed by atoms with E-state index in [1.54, 1.807) is 90.5 Å². The van der Waals surface area contributed by atoms with Crippen molar-refractivity contribution in [2.45, 2.75) is 182 Å². The van der Waals surface area contributed by atoms with Crippen molar-refractivity contribution >= 4 is 130 Å². The second kappa shape index (κ2) is 34.0. The third-order valence-electron chi connectivity index (χ3n) is 16.0. The second-order valence-corrected chi connectivity index (χ2v) is 33.8. The quantitative estimate of drug-likeness (QED) is 0.0147. The molecule has 0 radical (unpaired) electrons. The number of hydrogen-bond acceptors (Lipinski definition) is 31. The van der Waals surface area contributed by atoms with E-state index in [0.29, 0.717) is 10.7 Å². The van der Waals surface area contributed by atoms with Gasteiger partial charge in [-0.1, -0.05) is 33.7 Å². The summed E-state index contributed by atoms with van der Waals surface area (Å²) in [5.74, 6) is -10.2. The fourth-order valence-electron chi connectivity index (χ4n) is 10.2. The van der Waals surface area contributed by atoms with Crippen LogP contribution in [0.4, 0.5) is 5.13 Å². The van der Waals surface area contributed by atoms with Crippen molar-refractivity contribution in [1.29, 1.82) is 0 Å². The van der Waals surface area contributed by atoms with E-state index in [0.717, 1.165) is 25.5 Å². The normalized spacial score (nSPS) is 18.6. The van der Waals surface area contributed by atoms with Gasteiger partial charge in [0.05, 0.1) is 45.9 Å². The monoisotopic (exact) mass is 1610 g/mol. The highest BCUT2D eigenvalue weighted by Gasteiger charge is 2.56. The summed E-state index contributed by atoms with van der Waals surface area (Å²) in [7, 11) is -9.91. The van der Waals surface area contributed by atoms with Gasteiger partial charge in [0, 0.05) is 91.8 Å². The fraction of sp³-hybridized carbons (Fsp3) is 0.463. The maximum absolute atomic E-state index is 13.4. The smallest absolute Gasteiger partial charge is 0.362 e. The zero-order valence-electron chi connectivity index (χ0n) is 61.3. The Morgan fingerprint density at radius 1 is 0.505 bits per heavy atom. The molecule has 0 aliphatic carbocycles. The molecule has 0 bridgehead atoms. The number of ether oxygens (including phenoxy) is 2. The van der Waals surface area contributed by atoms with E-state index < -0.39 is 155 Å². The molecule has 6 aromatic heterocycles. The van der Waals surface area contributed by atoms with Crippen molar-refractivity contribution in [3.8, 4) is 0 Å². The minimum absolute atomic E-state index is 0.0343. The standard InChI is InChI=1S/C24H30N4O9S2.C24H30N4O6S.C19H21N5O9S2/c1-14-25-16(13-38-14)20(26-37-24(5,6)22(32)36-23(2,3)4)18(29)11-15-17(28(21(15)31)39(33,34)35)12-27-10-8-7-9-19(27)30;1-14-25-17(13-35-14)20(27-34-24(5,6)22(32)33-23(2,3)4)18(29)11-15-16(26-21(15)31)12-28-10-8-7-9-19(28)30;1-19(2,17(28)29)33-22-15(11-9-34-18(20)21-11)13(25)7-10-12(24(16(10)27)35(30,31)32)8-23-6-4-3-5-14(23)26/h7-10,13,15,17H,11-12H2,1-6H3,(H,33,34,35);7-10,13,15-16H,11-12H2,1-6H3,(H,26,31);3-6,9-10,12H,7-8H2,1-2H3,(H2,20,21)(H,28,29)(H,30,31,32)/b26-20-;27-20-;22-15-/t15-,17+;15-,16+;10-,12+/m000/s1. The number of carbonyl (C=O) groups is 9. The van der Waals surface area contributed by atoms with E-state index in [2.05, 4.69) is 35.7 Å². The molecule has 0 saturated carbocycles. The number of pyridine rings is 3. The highest BCUT2D eigenvalue weighted by molar-refractivity contribution is 7.84. The molecule has 9 heterocycles. The largest absolute Gasteiger partial charge is 0.478 e. The average molecular weight is 1610 g/mol. The summed E-state index contributed by atoms with van der Waals surface area (Å²) in [5.41, 5.74) is -2.32. The Kier molecular flexibility index (Phi) is 26.8. The third kappa shape index (κ3) is 22.4. The molecule has 6 N–H and O–H groups in total. The molecule has 0 spiro atoms. The fourth-order valence-corrected chi connectivity index (χ4v) is 13.8. The van der Waals surface area contributed by atoms with Crippen molar-refractivity contribution < 1.29 is 98.2 Å². The molecule has 3 fully saturated rings. The summed E-state index contributed by atoms with van der Waals surface area (Å²) in [6.45, 7) is 21.6. The Morgan fingerprint density at radius 3 is 1.13 bits per heavy atom. The number of nitrogens with two attached hydrogens (primary N) is 1. The van der Waals surface area contributed by atoms with Crippen LogP contribution in [-0.4, -0.2) is 185 Å². The summed E-state index contributed by atoms with van der Waals surface area (Å²) in [6.07, 6.45) is 3.11. The number of carboxylic acid groups (broad SMARTS) is 1. The van der Waals surface area contributed by atoms with Crippen molar-refractivity contribution in [2.75, 3.05) is 5.73 Å². The lowest BCUT2D eigenvalue weighted by molar-refractivity contribution is -0.180. The second-order valence-electron chi connectivity index (χ2n) is 28.3. The molecule has 3 amide bonds. The molecule has 0 unspecified atom stereocenters. The van der Waals surface area contributed by atoms with Crippen molar-refractivity contribution in [1.82, 2.24) is 42.6 Å². The molecule has 0 aromatic carbocycles. The maximum atomic E-state index is 13.4. The molecule has 588 valence electrons.